The Morgan fingerprint density at radius 2 is 1.43 bits per heavy atom. The number of aromatic nitrogens is 1. The lowest BCUT2D eigenvalue weighted by molar-refractivity contribution is -0.142. The van der Waals surface area contributed by atoms with Crippen LogP contribution in [0.1, 0.15) is 42.3 Å². The van der Waals surface area contributed by atoms with E-state index in [4.69, 9.17) is 23.5 Å². The van der Waals surface area contributed by atoms with Gasteiger partial charge in [0.25, 0.3) is 0 Å². The van der Waals surface area contributed by atoms with Crippen molar-refractivity contribution in [1.29, 1.82) is 0 Å². The Hall–Kier alpha value is -5.37. The minimum atomic E-state index is -0.281. The van der Waals surface area contributed by atoms with Gasteiger partial charge >= 0.3 is 5.97 Å². The van der Waals surface area contributed by atoms with E-state index in [9.17, 15) is 4.79 Å². The molecule has 0 spiro atoms. The summed E-state index contributed by atoms with van der Waals surface area (Å²) in [6.07, 6.45) is 0.570. The Labute approximate surface area is 256 Å². The van der Waals surface area contributed by atoms with Crippen LogP contribution in [0.15, 0.2) is 119 Å². The zero-order valence-electron chi connectivity index (χ0n) is 24.8. The minimum Gasteiger partial charge on any atom is -0.487 e. The number of nitrogens with zero attached hydrogens (tertiary/aromatic N) is 2. The van der Waals surface area contributed by atoms with Gasteiger partial charge in [0.1, 0.15) is 41.9 Å². The third kappa shape index (κ3) is 8.58. The van der Waals surface area contributed by atoms with Crippen molar-refractivity contribution in [3.05, 3.63) is 132 Å². The lowest BCUT2D eigenvalue weighted by Crippen LogP contribution is -2.09. The molecule has 1 aromatic heterocycles. The number of carbonyl (C=O) groups is 1. The van der Waals surface area contributed by atoms with E-state index in [0.29, 0.717) is 42.7 Å². The van der Waals surface area contributed by atoms with Gasteiger partial charge in [-0.1, -0.05) is 53.7 Å². The molecular formula is C36H34N2O6. The smallest absolute Gasteiger partial charge is 0.306 e. The first-order chi connectivity index (χ1) is 21.6. The lowest BCUT2D eigenvalue weighted by Gasteiger charge is -2.10. The van der Waals surface area contributed by atoms with Gasteiger partial charge in [-0.05, 0) is 85.6 Å². The van der Waals surface area contributed by atoms with Crippen LogP contribution in [0.5, 0.6) is 17.2 Å². The van der Waals surface area contributed by atoms with Crippen molar-refractivity contribution >= 4 is 11.7 Å². The summed E-state index contributed by atoms with van der Waals surface area (Å²) in [6, 6.07) is 34.5. The molecule has 4 aromatic carbocycles. The Morgan fingerprint density at radius 3 is 2.14 bits per heavy atom. The molecule has 8 heteroatoms. The average Bonchev–Trinajstić information content (AvgIpc) is 3.44. The van der Waals surface area contributed by atoms with Gasteiger partial charge < -0.3 is 23.5 Å². The largest absolute Gasteiger partial charge is 0.487 e. The van der Waals surface area contributed by atoms with E-state index < -0.39 is 0 Å². The summed E-state index contributed by atoms with van der Waals surface area (Å²) >= 11 is 0. The average molecular weight is 591 g/mol. The molecule has 0 saturated carbocycles. The fourth-order valence-electron chi connectivity index (χ4n) is 4.32. The molecule has 5 rings (SSSR count). The second kappa shape index (κ2) is 15.2. The molecule has 0 aliphatic carbocycles. The Morgan fingerprint density at radius 1 is 0.773 bits per heavy atom. The van der Waals surface area contributed by atoms with Gasteiger partial charge in [-0.3, -0.25) is 4.79 Å². The Kier molecular flexibility index (Phi) is 10.4. The summed E-state index contributed by atoms with van der Waals surface area (Å²) in [7, 11) is 0. The van der Waals surface area contributed by atoms with Crippen molar-refractivity contribution < 1.29 is 28.3 Å². The maximum atomic E-state index is 12.0. The molecule has 8 nitrogen and oxygen atoms in total. The van der Waals surface area contributed by atoms with Gasteiger partial charge in [-0.25, -0.2) is 4.98 Å². The predicted molar refractivity (Wildman–Crippen MR) is 168 cm³/mol. The van der Waals surface area contributed by atoms with E-state index in [-0.39, 0.29) is 19.0 Å². The summed E-state index contributed by atoms with van der Waals surface area (Å²) in [4.78, 5) is 22.4. The number of hydrogen-bond acceptors (Lipinski definition) is 8. The molecule has 0 aliphatic heterocycles. The molecule has 0 amide bonds. The molecule has 0 saturated heterocycles. The molecule has 0 aliphatic rings. The normalized spacial score (nSPS) is 11.2. The highest BCUT2D eigenvalue weighted by molar-refractivity contribution is 6.01. The van der Waals surface area contributed by atoms with Crippen molar-refractivity contribution in [3.63, 3.8) is 0 Å². The van der Waals surface area contributed by atoms with Crippen molar-refractivity contribution in [2.75, 3.05) is 6.61 Å². The molecule has 0 atom stereocenters. The first-order valence-corrected chi connectivity index (χ1v) is 14.5. The van der Waals surface area contributed by atoms with Crippen molar-refractivity contribution in [3.8, 4) is 28.7 Å². The van der Waals surface area contributed by atoms with Crippen LogP contribution in [0.4, 0.5) is 0 Å². The van der Waals surface area contributed by atoms with Gasteiger partial charge in [0, 0.05) is 12.0 Å². The minimum absolute atomic E-state index is 0.197. The van der Waals surface area contributed by atoms with Crippen molar-refractivity contribution in [1.82, 2.24) is 4.98 Å². The molecular weight excluding hydrogens is 556 g/mol. The topological polar surface area (TPSA) is 92.4 Å². The number of carbonyl (C=O) groups excluding carboxylic acids is 1. The SMILES string of the molecule is CCOC(=O)CC/C(=N\OCc1ccc(OCc2nc(-c3ccccc3)oc2C)cc1)c1ccc(Oc2ccccc2)cc1. The summed E-state index contributed by atoms with van der Waals surface area (Å²) in [6.45, 7) is 4.55. The van der Waals surface area contributed by atoms with E-state index in [1.165, 1.54) is 0 Å². The van der Waals surface area contributed by atoms with Crippen LogP contribution in [0.25, 0.3) is 11.5 Å². The highest BCUT2D eigenvalue weighted by atomic mass is 16.6. The third-order valence-corrected chi connectivity index (χ3v) is 6.66. The number of rotatable bonds is 14. The molecule has 44 heavy (non-hydrogen) atoms. The zero-order chi connectivity index (χ0) is 30.6. The number of esters is 1. The van der Waals surface area contributed by atoms with Gasteiger partial charge in [0.05, 0.1) is 18.7 Å². The Bertz CT molecular complexity index is 1650. The van der Waals surface area contributed by atoms with Crippen LogP contribution < -0.4 is 9.47 Å². The molecule has 5 aromatic rings. The van der Waals surface area contributed by atoms with Crippen LogP contribution in [0.2, 0.25) is 0 Å². The number of oxazole rings is 1. The second-order valence-electron chi connectivity index (χ2n) is 9.88. The van der Waals surface area contributed by atoms with Crippen LogP contribution in [0.3, 0.4) is 0 Å². The second-order valence-corrected chi connectivity index (χ2v) is 9.88. The van der Waals surface area contributed by atoms with E-state index >= 15 is 0 Å². The summed E-state index contributed by atoms with van der Waals surface area (Å²) in [5, 5.41) is 4.39. The van der Waals surface area contributed by atoms with Gasteiger partial charge in [-0.2, -0.15) is 0 Å². The fourth-order valence-corrected chi connectivity index (χ4v) is 4.32. The number of aryl methyl sites for hydroxylation is 1. The molecule has 1 heterocycles. The molecule has 0 N–H and O–H groups in total. The number of ether oxygens (including phenoxy) is 3. The summed E-state index contributed by atoms with van der Waals surface area (Å²) < 4.78 is 22.8. The van der Waals surface area contributed by atoms with E-state index in [0.717, 1.165) is 33.9 Å². The highest BCUT2D eigenvalue weighted by Crippen LogP contribution is 2.24. The third-order valence-electron chi connectivity index (χ3n) is 6.66. The standard InChI is InChI=1S/C36H34N2O6/c1-3-40-35(39)23-22-33(28-16-20-32(21-17-28)44-31-12-8-5-9-13-31)38-42-24-27-14-18-30(19-15-27)41-25-34-26(2)43-36(37-34)29-10-6-4-7-11-29/h4-21H,3,22-25H2,1-2H3/b38-33+. The van der Waals surface area contributed by atoms with Gasteiger partial charge in [0.15, 0.2) is 0 Å². The maximum Gasteiger partial charge on any atom is 0.306 e. The maximum absolute atomic E-state index is 12.0. The first kappa shape index (κ1) is 30.1. The van der Waals surface area contributed by atoms with Crippen LogP contribution in [0, 0.1) is 6.92 Å². The van der Waals surface area contributed by atoms with Crippen LogP contribution in [-0.4, -0.2) is 23.3 Å². The van der Waals surface area contributed by atoms with E-state index in [1.54, 1.807) is 6.92 Å². The van der Waals surface area contributed by atoms with Crippen LogP contribution in [-0.2, 0) is 27.6 Å². The number of oxime groups is 1. The van der Waals surface area contributed by atoms with Crippen molar-refractivity contribution in [2.24, 2.45) is 5.16 Å². The molecule has 0 radical (unpaired) electrons. The zero-order valence-corrected chi connectivity index (χ0v) is 24.8. The number of para-hydroxylation sites is 1. The Balaban J connectivity index is 1.18. The molecule has 0 unspecified atom stereocenters. The first-order valence-electron chi connectivity index (χ1n) is 14.5. The number of benzene rings is 4. The molecule has 0 fully saturated rings. The summed E-state index contributed by atoms with van der Waals surface area (Å²) in [5.41, 5.74) is 4.06. The number of hydrogen-bond donors (Lipinski definition) is 0. The van der Waals surface area contributed by atoms with Crippen LogP contribution >= 0.6 is 0 Å². The monoisotopic (exact) mass is 590 g/mol. The fraction of sp³-hybridized carbons (Fsp3) is 0.194. The molecule has 0 bridgehead atoms. The highest BCUT2D eigenvalue weighted by Gasteiger charge is 2.13. The molecule has 224 valence electrons. The van der Waals surface area contributed by atoms with Crippen molar-refractivity contribution in [2.45, 2.75) is 39.9 Å². The van der Waals surface area contributed by atoms with Gasteiger partial charge in [-0.15, -0.1) is 0 Å². The van der Waals surface area contributed by atoms with E-state index in [1.807, 2.05) is 116 Å². The quantitative estimate of drug-likeness (QED) is 0.0730. The lowest BCUT2D eigenvalue weighted by atomic mass is 10.1. The van der Waals surface area contributed by atoms with Gasteiger partial charge in [0.2, 0.25) is 5.89 Å². The predicted octanol–water partition coefficient (Wildman–Crippen LogP) is 8.29. The summed E-state index contributed by atoms with van der Waals surface area (Å²) in [5.74, 6) is 3.17. The van der Waals surface area contributed by atoms with E-state index in [2.05, 4.69) is 10.1 Å².